The van der Waals surface area contributed by atoms with E-state index in [9.17, 15) is 0 Å². The maximum atomic E-state index is 5.40. The van der Waals surface area contributed by atoms with Gasteiger partial charge in [-0.15, -0.1) is 0 Å². The number of ether oxygens (including phenoxy) is 3. The molecule has 0 aromatic carbocycles. The van der Waals surface area contributed by atoms with Gasteiger partial charge in [0.25, 0.3) is 0 Å². The van der Waals surface area contributed by atoms with Gasteiger partial charge in [0, 0.05) is 0 Å². The Morgan fingerprint density at radius 3 is 1.52 bits per heavy atom. The van der Waals surface area contributed by atoms with E-state index in [0.29, 0.717) is 26.4 Å². The van der Waals surface area contributed by atoms with Gasteiger partial charge in [-0.25, -0.2) is 0 Å². The van der Waals surface area contributed by atoms with E-state index in [1.54, 1.807) is 12.5 Å². The molecule has 0 amide bonds. The zero-order valence-electron chi connectivity index (χ0n) is 14.9. The molecule has 132 valence electrons. The molecular formula is C20H34O3. The number of hydrogen-bond acceptors (Lipinski definition) is 3. The topological polar surface area (TPSA) is 27.7 Å². The van der Waals surface area contributed by atoms with E-state index in [1.807, 2.05) is 24.3 Å². The van der Waals surface area contributed by atoms with Crippen LogP contribution in [0.3, 0.4) is 0 Å². The van der Waals surface area contributed by atoms with Gasteiger partial charge in [-0.3, -0.25) is 0 Å². The second-order valence-corrected chi connectivity index (χ2v) is 5.15. The summed E-state index contributed by atoms with van der Waals surface area (Å²) in [5, 5.41) is 0. The third-order valence-electron chi connectivity index (χ3n) is 2.98. The van der Waals surface area contributed by atoms with Crippen LogP contribution in [0.15, 0.2) is 49.0 Å². The Labute approximate surface area is 142 Å². The molecule has 0 atom stereocenters. The van der Waals surface area contributed by atoms with Crippen molar-refractivity contribution < 1.29 is 14.2 Å². The largest absolute Gasteiger partial charge is 0.499 e. The molecule has 0 aliphatic carbocycles. The van der Waals surface area contributed by atoms with Crippen LogP contribution in [0.4, 0.5) is 0 Å². The van der Waals surface area contributed by atoms with Crippen molar-refractivity contribution in [3.63, 3.8) is 0 Å². The van der Waals surface area contributed by atoms with Gasteiger partial charge in [0.1, 0.15) is 13.2 Å². The van der Waals surface area contributed by atoms with E-state index < -0.39 is 0 Å². The summed E-state index contributed by atoms with van der Waals surface area (Å²) in [7, 11) is 0. The quantitative estimate of drug-likeness (QED) is 0.212. The molecule has 0 radical (unpaired) electrons. The molecule has 0 saturated carbocycles. The van der Waals surface area contributed by atoms with Crippen LogP contribution >= 0.6 is 0 Å². The molecule has 0 saturated heterocycles. The summed E-state index contributed by atoms with van der Waals surface area (Å²) < 4.78 is 16.0. The van der Waals surface area contributed by atoms with Crippen molar-refractivity contribution in [2.24, 2.45) is 0 Å². The molecule has 23 heavy (non-hydrogen) atoms. The van der Waals surface area contributed by atoms with Gasteiger partial charge >= 0.3 is 0 Å². The number of allylic oxidation sites excluding steroid dienone is 6. The van der Waals surface area contributed by atoms with Crippen LogP contribution in [0.2, 0.25) is 0 Å². The molecule has 0 unspecified atom stereocenters. The van der Waals surface area contributed by atoms with Crippen LogP contribution in [-0.2, 0) is 14.2 Å². The van der Waals surface area contributed by atoms with Gasteiger partial charge in [-0.05, 0) is 25.0 Å². The SMILES string of the molecule is CCCCC=CC=COCCOCCOC=CC=CCCCC. The minimum atomic E-state index is 0.565. The molecular weight excluding hydrogens is 288 g/mol. The Kier molecular flexibility index (Phi) is 19.2. The molecule has 0 fully saturated rings. The number of rotatable bonds is 16. The fraction of sp³-hybridized carbons (Fsp3) is 0.600. The van der Waals surface area contributed by atoms with E-state index in [4.69, 9.17) is 14.2 Å². The summed E-state index contributed by atoms with van der Waals surface area (Å²) in [4.78, 5) is 0. The second kappa shape index (κ2) is 20.5. The third kappa shape index (κ3) is 20.5. The van der Waals surface area contributed by atoms with Gasteiger partial charge in [-0.2, -0.15) is 0 Å². The van der Waals surface area contributed by atoms with E-state index in [-0.39, 0.29) is 0 Å². The average Bonchev–Trinajstić information content (AvgIpc) is 2.57. The molecule has 0 aliphatic rings. The molecule has 0 aromatic heterocycles. The fourth-order valence-corrected chi connectivity index (χ4v) is 1.65. The molecule has 3 nitrogen and oxygen atoms in total. The van der Waals surface area contributed by atoms with E-state index >= 15 is 0 Å². The second-order valence-electron chi connectivity index (χ2n) is 5.15. The zero-order chi connectivity index (χ0) is 16.8. The number of hydrogen-bond donors (Lipinski definition) is 0. The summed E-state index contributed by atoms with van der Waals surface area (Å²) >= 11 is 0. The minimum Gasteiger partial charge on any atom is -0.499 e. The molecule has 0 bridgehead atoms. The van der Waals surface area contributed by atoms with Gasteiger partial charge in [0.15, 0.2) is 0 Å². The van der Waals surface area contributed by atoms with Crippen LogP contribution in [0.5, 0.6) is 0 Å². The Balaban J connectivity index is 3.24. The van der Waals surface area contributed by atoms with E-state index in [0.717, 1.165) is 12.8 Å². The summed E-state index contributed by atoms with van der Waals surface area (Å²) in [6, 6.07) is 0. The van der Waals surface area contributed by atoms with Crippen molar-refractivity contribution in [3.05, 3.63) is 49.0 Å². The van der Waals surface area contributed by atoms with Gasteiger partial charge < -0.3 is 14.2 Å². The summed E-state index contributed by atoms with van der Waals surface area (Å²) in [6.07, 6.45) is 22.8. The monoisotopic (exact) mass is 322 g/mol. The minimum absolute atomic E-state index is 0.565. The molecule has 0 aliphatic heterocycles. The van der Waals surface area contributed by atoms with Crippen LogP contribution in [0, 0.1) is 0 Å². The lowest BCUT2D eigenvalue weighted by molar-refractivity contribution is 0.0557. The first-order valence-electron chi connectivity index (χ1n) is 8.86. The average molecular weight is 322 g/mol. The van der Waals surface area contributed by atoms with Gasteiger partial charge in [-0.1, -0.05) is 63.8 Å². The molecule has 0 rings (SSSR count). The standard InChI is InChI=1S/C20H34O3/c1-3-5-7-9-11-13-15-21-17-19-23-20-18-22-16-14-12-10-8-6-4-2/h9-16H,3-8,17-20H2,1-2H3. The van der Waals surface area contributed by atoms with Crippen molar-refractivity contribution in [2.45, 2.75) is 52.4 Å². The maximum Gasteiger partial charge on any atom is 0.111 e. The molecule has 0 heterocycles. The van der Waals surface area contributed by atoms with E-state index in [1.165, 1.54) is 25.7 Å². The van der Waals surface area contributed by atoms with Crippen molar-refractivity contribution in [3.8, 4) is 0 Å². The van der Waals surface area contributed by atoms with Crippen molar-refractivity contribution in [1.29, 1.82) is 0 Å². The highest BCUT2D eigenvalue weighted by atomic mass is 16.5. The molecule has 3 heteroatoms. The first-order chi connectivity index (χ1) is 11.4. The summed E-state index contributed by atoms with van der Waals surface area (Å²) in [5.74, 6) is 0. The van der Waals surface area contributed by atoms with E-state index in [2.05, 4.69) is 26.0 Å². The van der Waals surface area contributed by atoms with Crippen molar-refractivity contribution >= 4 is 0 Å². The van der Waals surface area contributed by atoms with Crippen LogP contribution in [0.1, 0.15) is 52.4 Å². The summed E-state index contributed by atoms with van der Waals surface area (Å²) in [6.45, 7) is 6.67. The highest BCUT2D eigenvalue weighted by Crippen LogP contribution is 1.95. The van der Waals surface area contributed by atoms with Gasteiger partial charge in [0.05, 0.1) is 25.7 Å². The summed E-state index contributed by atoms with van der Waals surface area (Å²) in [5.41, 5.74) is 0. The fourth-order valence-electron chi connectivity index (χ4n) is 1.65. The van der Waals surface area contributed by atoms with Crippen molar-refractivity contribution in [2.75, 3.05) is 26.4 Å². The van der Waals surface area contributed by atoms with Gasteiger partial charge in [0.2, 0.25) is 0 Å². The third-order valence-corrected chi connectivity index (χ3v) is 2.98. The predicted molar refractivity (Wildman–Crippen MR) is 98.3 cm³/mol. The lowest BCUT2D eigenvalue weighted by Crippen LogP contribution is -2.06. The lowest BCUT2D eigenvalue weighted by Gasteiger charge is -2.03. The molecule has 0 spiro atoms. The smallest absolute Gasteiger partial charge is 0.111 e. The van der Waals surface area contributed by atoms with Crippen LogP contribution in [-0.4, -0.2) is 26.4 Å². The van der Waals surface area contributed by atoms with Crippen molar-refractivity contribution in [1.82, 2.24) is 0 Å². The van der Waals surface area contributed by atoms with Crippen LogP contribution in [0.25, 0.3) is 0 Å². The Hall–Kier alpha value is -1.48. The molecule has 0 aromatic rings. The Morgan fingerprint density at radius 2 is 1.09 bits per heavy atom. The molecule has 0 N–H and O–H groups in total. The normalized spacial score (nSPS) is 12.3. The first kappa shape index (κ1) is 21.5. The number of unbranched alkanes of at least 4 members (excludes halogenated alkanes) is 4. The lowest BCUT2D eigenvalue weighted by atomic mass is 10.2. The van der Waals surface area contributed by atoms with Crippen LogP contribution < -0.4 is 0 Å². The maximum absolute atomic E-state index is 5.40. The predicted octanol–water partition coefficient (Wildman–Crippen LogP) is 5.56. The first-order valence-corrected chi connectivity index (χ1v) is 8.86. The Morgan fingerprint density at radius 1 is 0.609 bits per heavy atom. The highest BCUT2D eigenvalue weighted by molar-refractivity contribution is 5.00. The Bertz CT molecular complexity index is 298. The highest BCUT2D eigenvalue weighted by Gasteiger charge is 1.87. The zero-order valence-corrected chi connectivity index (χ0v) is 14.9.